The van der Waals surface area contributed by atoms with Gasteiger partial charge in [-0.2, -0.15) is 12.6 Å². The molecule has 0 rings (SSSR count). The fourth-order valence-electron chi connectivity index (χ4n) is 1.22. The van der Waals surface area contributed by atoms with E-state index < -0.39 is 0 Å². The monoisotopic (exact) mass is 217 g/mol. The molecule has 13 heavy (non-hydrogen) atoms. The van der Waals surface area contributed by atoms with Gasteiger partial charge >= 0.3 is 0 Å². The van der Waals surface area contributed by atoms with Crippen LogP contribution in [-0.4, -0.2) is 21.2 Å². The van der Waals surface area contributed by atoms with Crippen LogP contribution >= 0.6 is 24.8 Å². The first kappa shape index (κ1) is 13.0. The number of nitrogens with zero attached hydrogens (tertiary/aromatic N) is 1. The molecule has 0 bridgehead atoms. The highest BCUT2D eigenvalue weighted by molar-refractivity contribution is 7.80. The molecule has 0 aliphatic carbocycles. The van der Waals surface area contributed by atoms with Crippen LogP contribution in [0.2, 0.25) is 0 Å². The minimum Gasteiger partial charge on any atom is -0.361 e. The summed E-state index contributed by atoms with van der Waals surface area (Å²) in [6.07, 6.45) is 2.01. The van der Waals surface area contributed by atoms with Crippen LogP contribution < -0.4 is 0 Å². The summed E-state index contributed by atoms with van der Waals surface area (Å²) in [4.78, 5) is 3.12. The van der Waals surface area contributed by atoms with Gasteiger partial charge in [-0.1, -0.05) is 12.2 Å². The molecule has 0 aromatic carbocycles. The van der Waals surface area contributed by atoms with Gasteiger partial charge in [0.05, 0.1) is 5.88 Å². The molecule has 0 amide bonds. The smallest absolute Gasteiger partial charge is 0.0612 e. The van der Waals surface area contributed by atoms with Gasteiger partial charge in [0.2, 0.25) is 0 Å². The van der Waals surface area contributed by atoms with Gasteiger partial charge in [0.25, 0.3) is 0 Å². The van der Waals surface area contributed by atoms with Crippen molar-refractivity contribution in [3.8, 4) is 0 Å². The Morgan fingerprint density at radius 1 is 1.38 bits per heavy atom. The van der Waals surface area contributed by atoms with Gasteiger partial charge in [-0.3, -0.25) is 0 Å². The summed E-state index contributed by atoms with van der Waals surface area (Å²) >= 11 is 9.35. The molecule has 0 aromatic heterocycles. The van der Waals surface area contributed by atoms with E-state index in [0.29, 0.717) is 5.88 Å². The lowest BCUT2D eigenvalue weighted by atomic mass is 10.1. The summed E-state index contributed by atoms with van der Waals surface area (Å²) < 4.78 is 0. The Hall–Kier alpha value is -0.0200. The largest absolute Gasteiger partial charge is 0.361 e. The summed E-state index contributed by atoms with van der Waals surface area (Å²) in [5, 5.41) is 0. The van der Waals surface area contributed by atoms with Gasteiger partial charge in [-0.15, -0.1) is 0 Å². The van der Waals surface area contributed by atoms with E-state index in [1.54, 1.807) is 0 Å². The number of thiocarbonyl (C=S) groups is 1. The number of hydrogen-bond donors (Lipinski definition) is 1. The summed E-state index contributed by atoms with van der Waals surface area (Å²) in [5.74, 6) is 0.717. The summed E-state index contributed by atoms with van der Waals surface area (Å²) in [6, 6.07) is 0. The van der Waals surface area contributed by atoms with Crippen LogP contribution in [-0.2, 0) is 0 Å². The van der Waals surface area contributed by atoms with Gasteiger partial charge in [0, 0.05) is 16.1 Å². The summed E-state index contributed by atoms with van der Waals surface area (Å²) in [7, 11) is 0. The summed E-state index contributed by atoms with van der Waals surface area (Å²) in [6.45, 7) is 10.5. The Kier molecular flexibility index (Phi) is 5.00. The van der Waals surface area contributed by atoms with Crippen LogP contribution in [0.25, 0.3) is 0 Å². The maximum atomic E-state index is 5.03. The highest BCUT2D eigenvalue weighted by atomic mass is 32.1. The van der Waals surface area contributed by atoms with Crippen molar-refractivity contribution in [1.82, 2.24) is 4.90 Å². The van der Waals surface area contributed by atoms with E-state index in [2.05, 4.69) is 45.2 Å². The lowest BCUT2D eigenvalue weighted by Gasteiger charge is -2.37. The maximum absolute atomic E-state index is 5.03. The van der Waals surface area contributed by atoms with Crippen molar-refractivity contribution in [3.05, 3.63) is 11.8 Å². The average Bonchev–Trinajstić information content (AvgIpc) is 1.82. The van der Waals surface area contributed by atoms with Crippen LogP contribution in [0.3, 0.4) is 0 Å². The second-order valence-electron chi connectivity index (χ2n) is 4.14. The van der Waals surface area contributed by atoms with E-state index in [1.807, 2.05) is 13.0 Å². The van der Waals surface area contributed by atoms with Gasteiger partial charge in [-0.25, -0.2) is 0 Å². The van der Waals surface area contributed by atoms with Crippen molar-refractivity contribution in [1.29, 1.82) is 0 Å². The molecule has 0 aliphatic rings. The zero-order valence-electron chi connectivity index (χ0n) is 9.09. The molecule has 1 nitrogen and oxygen atoms in total. The normalized spacial score (nSPS) is 12.9. The molecule has 0 radical (unpaired) electrons. The molecule has 0 aromatic rings. The van der Waals surface area contributed by atoms with Gasteiger partial charge in [0.15, 0.2) is 0 Å². The lowest BCUT2D eigenvalue weighted by Crippen LogP contribution is -2.39. The standard InChI is InChI=1S/C10H19NS2/c1-8(6-9(2)13)11(7-12)10(3,4)5/h6,12H,7H2,1-5H3/b8-6-. The zero-order chi connectivity index (χ0) is 10.6. The molecule has 0 aliphatic heterocycles. The van der Waals surface area contributed by atoms with E-state index in [9.17, 15) is 0 Å². The van der Waals surface area contributed by atoms with Crippen LogP contribution in [0.1, 0.15) is 34.6 Å². The first-order valence-electron chi connectivity index (χ1n) is 4.36. The number of rotatable bonds is 3. The third-order valence-electron chi connectivity index (χ3n) is 1.79. The van der Waals surface area contributed by atoms with Gasteiger partial charge in [0.1, 0.15) is 0 Å². The number of allylic oxidation sites excluding steroid dienone is 2. The molecule has 3 heteroatoms. The van der Waals surface area contributed by atoms with Gasteiger partial charge in [-0.05, 0) is 40.7 Å². The fourth-order valence-corrected chi connectivity index (χ4v) is 2.04. The molecule has 0 unspecified atom stereocenters. The average molecular weight is 217 g/mol. The predicted octanol–water partition coefficient (Wildman–Crippen LogP) is 3.27. The summed E-state index contributed by atoms with van der Waals surface area (Å²) in [5.41, 5.74) is 1.28. The molecule has 0 heterocycles. The maximum Gasteiger partial charge on any atom is 0.0612 e. The molecule has 0 N–H and O–H groups in total. The molecule has 76 valence electrons. The highest BCUT2D eigenvalue weighted by Gasteiger charge is 2.19. The molecule has 0 spiro atoms. The van der Waals surface area contributed by atoms with Crippen molar-refractivity contribution in [3.63, 3.8) is 0 Å². The highest BCUT2D eigenvalue weighted by Crippen LogP contribution is 2.19. The first-order chi connectivity index (χ1) is 5.79. The van der Waals surface area contributed by atoms with Crippen LogP contribution in [0.15, 0.2) is 11.8 Å². The number of hydrogen-bond acceptors (Lipinski definition) is 3. The van der Waals surface area contributed by atoms with Crippen LogP contribution in [0, 0.1) is 0 Å². The van der Waals surface area contributed by atoms with Crippen molar-refractivity contribution in [2.24, 2.45) is 0 Å². The van der Waals surface area contributed by atoms with Crippen LogP contribution in [0.5, 0.6) is 0 Å². The number of thiol groups is 1. The van der Waals surface area contributed by atoms with Crippen molar-refractivity contribution < 1.29 is 0 Å². The Morgan fingerprint density at radius 2 is 1.85 bits per heavy atom. The Bertz CT molecular complexity index is 213. The molecule has 0 atom stereocenters. The van der Waals surface area contributed by atoms with E-state index in [0.717, 1.165) is 4.86 Å². The Labute approximate surface area is 92.6 Å². The van der Waals surface area contributed by atoms with E-state index in [4.69, 9.17) is 12.2 Å². The first-order valence-corrected chi connectivity index (χ1v) is 5.40. The third-order valence-corrected chi connectivity index (χ3v) is 2.19. The molecular formula is C10H19NS2. The predicted molar refractivity (Wildman–Crippen MR) is 67.5 cm³/mol. The SMILES string of the molecule is CC(=S)/C=C(/C)N(CS)C(C)(C)C. The molecular weight excluding hydrogens is 198 g/mol. The van der Waals surface area contributed by atoms with Crippen LogP contribution in [0.4, 0.5) is 0 Å². The van der Waals surface area contributed by atoms with Gasteiger partial charge < -0.3 is 4.90 Å². The fraction of sp³-hybridized carbons (Fsp3) is 0.700. The second-order valence-corrected chi connectivity index (χ2v) is 5.06. The zero-order valence-corrected chi connectivity index (χ0v) is 10.8. The minimum atomic E-state index is 0.104. The Balaban J connectivity index is 4.69. The van der Waals surface area contributed by atoms with Crippen molar-refractivity contribution in [2.75, 3.05) is 5.88 Å². The van der Waals surface area contributed by atoms with Crippen molar-refractivity contribution >= 4 is 29.7 Å². The molecule has 0 saturated heterocycles. The van der Waals surface area contributed by atoms with E-state index >= 15 is 0 Å². The van der Waals surface area contributed by atoms with E-state index in [1.165, 1.54) is 5.70 Å². The lowest BCUT2D eigenvalue weighted by molar-refractivity contribution is 0.219. The minimum absolute atomic E-state index is 0.104. The molecule has 0 fully saturated rings. The molecule has 0 saturated carbocycles. The Morgan fingerprint density at radius 3 is 2.08 bits per heavy atom. The quantitative estimate of drug-likeness (QED) is 0.334. The van der Waals surface area contributed by atoms with Crippen molar-refractivity contribution in [2.45, 2.75) is 40.2 Å². The van der Waals surface area contributed by atoms with E-state index in [-0.39, 0.29) is 5.54 Å². The topological polar surface area (TPSA) is 3.24 Å². The second kappa shape index (κ2) is 5.01. The third kappa shape index (κ3) is 4.67.